The van der Waals surface area contributed by atoms with Gasteiger partial charge in [0.25, 0.3) is 5.91 Å². The van der Waals surface area contributed by atoms with Crippen LogP contribution in [0, 0.1) is 5.82 Å². The lowest BCUT2D eigenvalue weighted by Gasteiger charge is -2.44. The number of amides is 1. The number of benzene rings is 1. The Bertz CT molecular complexity index is 1360. The molecule has 1 saturated heterocycles. The molecule has 3 N–H and O–H groups in total. The topological polar surface area (TPSA) is 119 Å². The number of pyridine rings is 1. The molecule has 4 rings (SSSR count). The van der Waals surface area contributed by atoms with E-state index in [2.05, 4.69) is 15.0 Å². The van der Waals surface area contributed by atoms with E-state index in [9.17, 15) is 31.9 Å². The van der Waals surface area contributed by atoms with Gasteiger partial charge in [-0.3, -0.25) is 23.0 Å². The van der Waals surface area contributed by atoms with Crippen molar-refractivity contribution in [2.45, 2.75) is 51.8 Å². The lowest BCUT2D eigenvalue weighted by atomic mass is 9.94. The summed E-state index contributed by atoms with van der Waals surface area (Å²) in [7, 11) is -2.62. The van der Waals surface area contributed by atoms with Crippen LogP contribution in [0.5, 0.6) is 5.88 Å². The number of hydrogen-bond donors (Lipinski definition) is 3. The Morgan fingerprint density at radius 2 is 1.86 bits per heavy atom. The Labute approximate surface area is 206 Å². The van der Waals surface area contributed by atoms with E-state index in [4.69, 9.17) is 0 Å². The van der Waals surface area contributed by atoms with Crippen molar-refractivity contribution >= 4 is 27.5 Å². The van der Waals surface area contributed by atoms with Crippen LogP contribution < -0.4 is 15.7 Å². The molecule has 0 radical (unpaired) electrons. The first kappa shape index (κ1) is 26.0. The molecule has 0 bridgehead atoms. The summed E-state index contributed by atoms with van der Waals surface area (Å²) < 4.78 is 66.4. The number of nitrogens with one attached hydrogen (secondary N) is 1. The third-order valence-electron chi connectivity index (χ3n) is 6.29. The second-order valence-corrected chi connectivity index (χ2v) is 11.8. The van der Waals surface area contributed by atoms with Gasteiger partial charge in [-0.1, -0.05) is 0 Å². The lowest BCUT2D eigenvalue weighted by molar-refractivity contribution is -0.0529. The molecule has 0 atom stereocenters. The van der Waals surface area contributed by atoms with E-state index in [-0.39, 0.29) is 34.3 Å². The Kier molecular flexibility index (Phi) is 6.84. The molecule has 0 spiro atoms. The quantitative estimate of drug-likeness (QED) is 0.432. The number of fused-ring (bicyclic) bond motifs is 1. The van der Waals surface area contributed by atoms with Crippen molar-refractivity contribution in [3.05, 3.63) is 52.3 Å². The summed E-state index contributed by atoms with van der Waals surface area (Å²) in [4.78, 5) is 29.9. The van der Waals surface area contributed by atoms with Crippen molar-refractivity contribution < 1.29 is 31.8 Å². The molecule has 0 aliphatic carbocycles. The van der Waals surface area contributed by atoms with Gasteiger partial charge in [0.2, 0.25) is 5.88 Å². The number of nitrogens with zero attached hydrogens (tertiary/aromatic N) is 3. The zero-order chi connectivity index (χ0) is 26.4. The molecule has 1 aliphatic heterocycles. The van der Waals surface area contributed by atoms with Crippen molar-refractivity contribution in [3.8, 4) is 11.6 Å². The summed E-state index contributed by atoms with van der Waals surface area (Å²) in [6.07, 6.45) is 1.50. The van der Waals surface area contributed by atoms with Gasteiger partial charge in [-0.25, -0.2) is 14.2 Å². The van der Waals surface area contributed by atoms with E-state index < -0.39 is 46.0 Å². The summed E-state index contributed by atoms with van der Waals surface area (Å²) in [5.74, 6) is -1.47. The molecule has 3 aromatic rings. The smallest absolute Gasteiger partial charge is 0.388 e. The number of rotatable bonds is 6. The summed E-state index contributed by atoms with van der Waals surface area (Å²) in [5, 5.41) is 2.95. The first-order chi connectivity index (χ1) is 16.8. The molecular weight excluding hydrogens is 501 g/mol. The number of carbonyl (C=O) groups excluding carboxylic acids is 1. The van der Waals surface area contributed by atoms with Crippen LogP contribution in [-0.4, -0.2) is 52.8 Å². The van der Waals surface area contributed by atoms with E-state index in [1.165, 1.54) is 22.8 Å². The van der Waals surface area contributed by atoms with Crippen LogP contribution in [-0.2, 0) is 0 Å². The number of alkyl halides is 2. The Morgan fingerprint density at radius 1 is 1.19 bits per heavy atom. The minimum Gasteiger partial charge on any atom is -0.417 e. The zero-order valence-electron chi connectivity index (χ0n) is 19.9. The number of carbonyl (C=O) groups is 1. The van der Waals surface area contributed by atoms with Crippen molar-refractivity contribution in [2.24, 2.45) is 0 Å². The molecule has 36 heavy (non-hydrogen) atoms. The van der Waals surface area contributed by atoms with Gasteiger partial charge in [-0.05, 0) is 51.8 Å². The van der Waals surface area contributed by atoms with Gasteiger partial charge in [-0.2, -0.15) is 19.4 Å². The monoisotopic (exact) mass is 528 g/mol. The minimum absolute atomic E-state index is 0.202. The molecular formula is C23H27F3N4O5S. The highest BCUT2D eigenvalue weighted by atomic mass is 32.3. The fourth-order valence-corrected chi connectivity index (χ4v) is 6.06. The average molecular weight is 529 g/mol. The van der Waals surface area contributed by atoms with E-state index in [0.29, 0.717) is 24.6 Å². The Balaban J connectivity index is 1.76. The summed E-state index contributed by atoms with van der Waals surface area (Å²) in [5.41, 5.74) is -0.714. The maximum Gasteiger partial charge on any atom is 0.388 e. The highest BCUT2D eigenvalue weighted by Gasteiger charge is 2.35. The molecule has 1 aromatic carbocycles. The molecule has 9 nitrogen and oxygen atoms in total. The van der Waals surface area contributed by atoms with Gasteiger partial charge >= 0.3 is 12.3 Å². The van der Waals surface area contributed by atoms with Gasteiger partial charge in [0.05, 0.1) is 22.9 Å². The number of aromatic nitrogens is 3. The van der Waals surface area contributed by atoms with Crippen LogP contribution in [0.3, 0.4) is 0 Å². The summed E-state index contributed by atoms with van der Waals surface area (Å²) in [6, 6.07) is 5.02. The van der Waals surface area contributed by atoms with Gasteiger partial charge in [-0.15, -0.1) is 0 Å². The number of ether oxygens (including phenoxy) is 1. The predicted molar refractivity (Wildman–Crippen MR) is 130 cm³/mol. The summed E-state index contributed by atoms with van der Waals surface area (Å²) >= 11 is 0. The zero-order valence-corrected chi connectivity index (χ0v) is 20.7. The largest absolute Gasteiger partial charge is 0.417 e. The fraction of sp³-hybridized carbons (Fsp3) is 0.435. The standard InChI is InChI=1S/C23H27F3N4O5S/c1-13(2)29-18-10-14(20(31)28-23(3)6-8-36(33,34)9-7-23)4-5-16(18)30(22(29)32)17-11-19(35-21(25)26)27-12-15(17)24/h4-5,10-13,21,33-34H,6-9H2,1-3H3,(H,28,31). The fourth-order valence-electron chi connectivity index (χ4n) is 4.30. The highest BCUT2D eigenvalue weighted by molar-refractivity contribution is 8.24. The van der Waals surface area contributed by atoms with Gasteiger partial charge in [0.15, 0.2) is 5.82 Å². The van der Waals surface area contributed by atoms with Crippen molar-refractivity contribution in [1.29, 1.82) is 0 Å². The molecule has 2 aromatic heterocycles. The molecule has 196 valence electrons. The maximum absolute atomic E-state index is 14.7. The molecule has 3 heterocycles. The maximum atomic E-state index is 14.7. The van der Waals surface area contributed by atoms with Crippen molar-refractivity contribution in [2.75, 3.05) is 11.5 Å². The third-order valence-corrected chi connectivity index (χ3v) is 8.01. The molecule has 13 heteroatoms. The van der Waals surface area contributed by atoms with Gasteiger partial charge in [0, 0.05) is 34.7 Å². The van der Waals surface area contributed by atoms with Crippen LogP contribution in [0.2, 0.25) is 0 Å². The van der Waals surface area contributed by atoms with E-state index in [1.54, 1.807) is 13.8 Å². The third kappa shape index (κ3) is 5.08. The van der Waals surface area contributed by atoms with Crippen molar-refractivity contribution in [3.63, 3.8) is 0 Å². The van der Waals surface area contributed by atoms with Gasteiger partial charge < -0.3 is 10.1 Å². The first-order valence-corrected chi connectivity index (χ1v) is 13.1. The van der Waals surface area contributed by atoms with Crippen LogP contribution in [0.15, 0.2) is 35.3 Å². The van der Waals surface area contributed by atoms with E-state index in [0.717, 1.165) is 10.6 Å². The molecule has 0 unspecified atom stereocenters. The molecule has 0 saturated carbocycles. The predicted octanol–water partition coefficient (Wildman–Crippen LogP) is 4.54. The second-order valence-electron chi connectivity index (χ2n) is 9.36. The second kappa shape index (κ2) is 9.45. The van der Waals surface area contributed by atoms with Crippen LogP contribution in [0.1, 0.15) is 50.0 Å². The first-order valence-electron chi connectivity index (χ1n) is 11.2. The number of imidazole rings is 1. The highest BCUT2D eigenvalue weighted by Crippen LogP contribution is 2.46. The van der Waals surface area contributed by atoms with Crippen LogP contribution >= 0.6 is 10.6 Å². The summed E-state index contributed by atoms with van der Waals surface area (Å²) in [6.45, 7) is 2.15. The Morgan fingerprint density at radius 3 is 2.47 bits per heavy atom. The molecule has 1 aliphatic rings. The molecule has 1 fully saturated rings. The van der Waals surface area contributed by atoms with Crippen molar-refractivity contribution in [1.82, 2.24) is 19.4 Å². The Hall–Kier alpha value is -3.03. The minimum atomic E-state index is -3.18. The van der Waals surface area contributed by atoms with E-state index in [1.807, 2.05) is 6.92 Å². The van der Waals surface area contributed by atoms with Crippen LogP contribution in [0.4, 0.5) is 13.2 Å². The number of halogens is 3. The number of hydrogen-bond acceptors (Lipinski definition) is 6. The molecule has 1 amide bonds. The SMILES string of the molecule is CC(C)n1c(=O)n(-c2cc(OC(F)F)ncc2F)c2ccc(C(=O)NC3(C)CCS(O)(O)CC3)cc21. The van der Waals surface area contributed by atoms with Crippen LogP contribution in [0.25, 0.3) is 16.7 Å². The normalized spacial score (nSPS) is 17.9. The van der Waals surface area contributed by atoms with Gasteiger partial charge in [0.1, 0.15) is 0 Å². The van der Waals surface area contributed by atoms with E-state index >= 15 is 0 Å². The lowest BCUT2D eigenvalue weighted by Crippen LogP contribution is -2.50. The average Bonchev–Trinajstić information content (AvgIpc) is 3.08.